The van der Waals surface area contributed by atoms with Crippen LogP contribution in [0.4, 0.5) is 13.2 Å². The Labute approximate surface area is 205 Å². The molecule has 2 aromatic rings. The van der Waals surface area contributed by atoms with Crippen molar-refractivity contribution in [1.82, 2.24) is 5.32 Å². The Morgan fingerprint density at radius 3 is 2.21 bits per heavy atom. The highest BCUT2D eigenvalue weighted by Crippen LogP contribution is 2.29. The van der Waals surface area contributed by atoms with Crippen molar-refractivity contribution in [3.8, 4) is 5.75 Å². The van der Waals surface area contributed by atoms with Gasteiger partial charge in [0.25, 0.3) is 5.91 Å². The Balaban J connectivity index is 2.14. The zero-order valence-electron chi connectivity index (χ0n) is 18.5. The maximum absolute atomic E-state index is 13.0. The van der Waals surface area contributed by atoms with E-state index in [0.29, 0.717) is 10.6 Å². The third-order valence-corrected chi connectivity index (χ3v) is 5.85. The molecule has 0 unspecified atom stereocenters. The maximum Gasteiger partial charge on any atom is 0.450 e. The van der Waals surface area contributed by atoms with Crippen molar-refractivity contribution in [3.63, 3.8) is 0 Å². The van der Waals surface area contributed by atoms with Crippen LogP contribution in [0.25, 0.3) is 0 Å². The van der Waals surface area contributed by atoms with E-state index in [9.17, 15) is 27.6 Å². The Morgan fingerprint density at radius 2 is 1.65 bits per heavy atom. The predicted molar refractivity (Wildman–Crippen MR) is 123 cm³/mol. The Morgan fingerprint density at radius 1 is 1.00 bits per heavy atom. The topological polar surface area (TPSA) is 72.5 Å². The molecule has 2 aromatic carbocycles. The van der Waals surface area contributed by atoms with Gasteiger partial charge in [-0.25, -0.2) is 0 Å². The van der Waals surface area contributed by atoms with Crippen molar-refractivity contribution in [2.45, 2.75) is 38.9 Å². The van der Waals surface area contributed by atoms with Gasteiger partial charge >= 0.3 is 6.18 Å². The number of Topliss-reactive ketones (excluding diaryl/α,β-unsaturated/α-hetero) is 2. The molecule has 34 heavy (non-hydrogen) atoms. The molecule has 0 heterocycles. The highest BCUT2D eigenvalue weighted by molar-refractivity contribution is 6.42. The summed E-state index contributed by atoms with van der Waals surface area (Å²) < 4.78 is 44.4. The number of alkyl halides is 3. The van der Waals surface area contributed by atoms with Crippen LogP contribution in [-0.4, -0.2) is 36.3 Å². The van der Waals surface area contributed by atoms with Crippen molar-refractivity contribution in [3.05, 3.63) is 64.1 Å². The Kier molecular flexibility index (Phi) is 9.94. The largest absolute Gasteiger partial charge is 0.484 e. The number of halogens is 5. The number of hydrogen-bond acceptors (Lipinski definition) is 4. The van der Waals surface area contributed by atoms with Gasteiger partial charge in [0, 0.05) is 18.4 Å². The van der Waals surface area contributed by atoms with E-state index in [1.54, 1.807) is 30.3 Å². The van der Waals surface area contributed by atoms with Crippen molar-refractivity contribution < 1.29 is 32.3 Å². The van der Waals surface area contributed by atoms with Crippen molar-refractivity contribution in [2.75, 3.05) is 6.61 Å². The molecule has 2 atom stereocenters. The summed E-state index contributed by atoms with van der Waals surface area (Å²) in [6.07, 6.45) is -5.66. The minimum absolute atomic E-state index is 0.0449. The lowest BCUT2D eigenvalue weighted by molar-refractivity contribution is -0.177. The summed E-state index contributed by atoms with van der Waals surface area (Å²) in [7, 11) is 0. The highest BCUT2D eigenvalue weighted by atomic mass is 35.5. The van der Waals surface area contributed by atoms with E-state index in [0.717, 1.165) is 0 Å². The van der Waals surface area contributed by atoms with Crippen LogP contribution in [-0.2, 0) is 20.8 Å². The molecule has 0 radical (unpaired) electrons. The quantitative estimate of drug-likeness (QED) is 0.429. The van der Waals surface area contributed by atoms with Gasteiger partial charge in [0.2, 0.25) is 5.78 Å². The summed E-state index contributed by atoms with van der Waals surface area (Å²) in [5.41, 5.74) is 0.690. The van der Waals surface area contributed by atoms with Crippen LogP contribution in [0.5, 0.6) is 5.75 Å². The van der Waals surface area contributed by atoms with Gasteiger partial charge in [-0.2, -0.15) is 13.2 Å². The van der Waals surface area contributed by atoms with Crippen LogP contribution < -0.4 is 10.1 Å². The number of benzene rings is 2. The first-order chi connectivity index (χ1) is 15.9. The first-order valence-corrected chi connectivity index (χ1v) is 11.2. The molecule has 0 aromatic heterocycles. The zero-order valence-corrected chi connectivity index (χ0v) is 20.0. The van der Waals surface area contributed by atoms with Crippen LogP contribution in [0, 0.1) is 11.8 Å². The van der Waals surface area contributed by atoms with E-state index in [1.807, 2.05) is 0 Å². The molecule has 5 nitrogen and oxygen atoms in total. The van der Waals surface area contributed by atoms with E-state index in [4.69, 9.17) is 27.9 Å². The molecule has 0 bridgehead atoms. The highest BCUT2D eigenvalue weighted by Gasteiger charge is 2.45. The number of amides is 1. The zero-order chi connectivity index (χ0) is 25.5. The van der Waals surface area contributed by atoms with Crippen molar-refractivity contribution >= 4 is 40.7 Å². The molecule has 0 aliphatic carbocycles. The van der Waals surface area contributed by atoms with Gasteiger partial charge in [0.1, 0.15) is 5.75 Å². The Bertz CT molecular complexity index is 1010. The van der Waals surface area contributed by atoms with Crippen molar-refractivity contribution in [1.29, 1.82) is 0 Å². The molecule has 1 amide bonds. The second-order valence-electron chi connectivity index (χ2n) is 8.06. The third-order valence-electron chi connectivity index (χ3n) is 5.11. The number of carbonyl (C=O) groups excluding carboxylic acids is 3. The summed E-state index contributed by atoms with van der Waals surface area (Å²) in [6.45, 7) is 2.42. The van der Waals surface area contributed by atoms with E-state index in [1.165, 1.54) is 32.0 Å². The summed E-state index contributed by atoms with van der Waals surface area (Å²) in [4.78, 5) is 37.3. The second-order valence-corrected chi connectivity index (χ2v) is 8.87. The van der Waals surface area contributed by atoms with E-state index < -0.39 is 54.6 Å². The molecular weight excluding hydrogens is 494 g/mol. The van der Waals surface area contributed by atoms with Gasteiger partial charge in [-0.1, -0.05) is 67.4 Å². The molecule has 0 saturated carbocycles. The minimum atomic E-state index is -5.05. The molecule has 1 N–H and O–H groups in total. The molecule has 0 fully saturated rings. The number of ketones is 2. The average molecular weight is 518 g/mol. The molecule has 0 spiro atoms. The third kappa shape index (κ3) is 8.33. The number of hydrogen-bond donors (Lipinski definition) is 1. The normalized spacial score (nSPS) is 13.3. The number of rotatable bonds is 11. The molecule has 2 rings (SSSR count). The molecule has 184 valence electrons. The number of nitrogens with one attached hydrogen (secondary N) is 1. The maximum atomic E-state index is 13.0. The Hall–Kier alpha value is -2.58. The minimum Gasteiger partial charge on any atom is -0.484 e. The fourth-order valence-electron chi connectivity index (χ4n) is 3.25. The van der Waals surface area contributed by atoms with Crippen LogP contribution in [0.2, 0.25) is 10.0 Å². The lowest BCUT2D eigenvalue weighted by atomic mass is 9.84. The first kappa shape index (κ1) is 27.7. The fourth-order valence-corrected chi connectivity index (χ4v) is 3.54. The smallest absolute Gasteiger partial charge is 0.450 e. The number of ether oxygens (including phenoxy) is 1. The SMILES string of the molecule is CC(C)[C@H](CC(=O)[C@H](Cc1ccccc1)NC(=O)COc1ccc(Cl)c(Cl)c1)C(=O)C(F)(F)F. The summed E-state index contributed by atoms with van der Waals surface area (Å²) in [5, 5.41) is 3.05. The molecule has 10 heteroatoms. The predicted octanol–water partition coefficient (Wildman–Crippen LogP) is 5.46. The number of carbonyl (C=O) groups is 3. The second kappa shape index (κ2) is 12.2. The van der Waals surface area contributed by atoms with Crippen LogP contribution >= 0.6 is 23.2 Å². The van der Waals surface area contributed by atoms with Crippen LogP contribution in [0.3, 0.4) is 0 Å². The molecular formula is C24H24Cl2F3NO4. The van der Waals surface area contributed by atoms with Crippen LogP contribution in [0.1, 0.15) is 25.8 Å². The van der Waals surface area contributed by atoms with Gasteiger partial charge < -0.3 is 10.1 Å². The van der Waals surface area contributed by atoms with Gasteiger partial charge in [0.05, 0.1) is 16.1 Å². The monoisotopic (exact) mass is 517 g/mol. The molecule has 0 saturated heterocycles. The van der Waals surface area contributed by atoms with E-state index in [-0.39, 0.29) is 17.2 Å². The average Bonchev–Trinajstić information content (AvgIpc) is 2.77. The van der Waals surface area contributed by atoms with Gasteiger partial charge in [0.15, 0.2) is 12.4 Å². The first-order valence-electron chi connectivity index (χ1n) is 10.4. The van der Waals surface area contributed by atoms with Gasteiger partial charge in [-0.05, 0) is 30.0 Å². The summed E-state index contributed by atoms with van der Waals surface area (Å²) in [5.74, 6) is -5.29. The van der Waals surface area contributed by atoms with Crippen LogP contribution in [0.15, 0.2) is 48.5 Å². The van der Waals surface area contributed by atoms with E-state index >= 15 is 0 Å². The lowest BCUT2D eigenvalue weighted by Crippen LogP contribution is -2.46. The molecule has 0 aliphatic rings. The standard InChI is InChI=1S/C24H24Cl2F3NO4/c1-14(2)17(23(33)24(27,28)29)12-21(31)20(10-15-6-4-3-5-7-15)30-22(32)13-34-16-8-9-18(25)19(26)11-16/h3-9,11,14,17,20H,10,12-13H2,1-2H3,(H,30,32)/t17-,20-/m0/s1. The van der Waals surface area contributed by atoms with Crippen molar-refractivity contribution in [2.24, 2.45) is 11.8 Å². The van der Waals surface area contributed by atoms with E-state index in [2.05, 4.69) is 5.32 Å². The van der Waals surface area contributed by atoms with Gasteiger partial charge in [-0.3, -0.25) is 14.4 Å². The summed E-state index contributed by atoms with van der Waals surface area (Å²) >= 11 is 11.8. The fraction of sp³-hybridized carbons (Fsp3) is 0.375. The lowest BCUT2D eigenvalue weighted by Gasteiger charge is -2.24. The molecule has 0 aliphatic heterocycles. The van der Waals surface area contributed by atoms with Gasteiger partial charge in [-0.15, -0.1) is 0 Å². The summed E-state index contributed by atoms with van der Waals surface area (Å²) in [6, 6.07) is 11.9.